The zero-order valence-electron chi connectivity index (χ0n) is 13.6. The van der Waals surface area contributed by atoms with Gasteiger partial charge in [0, 0.05) is 12.4 Å². The summed E-state index contributed by atoms with van der Waals surface area (Å²) in [6.07, 6.45) is 8.91. The van der Waals surface area contributed by atoms with Crippen molar-refractivity contribution in [2.24, 2.45) is 0 Å². The van der Waals surface area contributed by atoms with E-state index >= 15 is 0 Å². The lowest BCUT2D eigenvalue weighted by molar-refractivity contribution is 0.237. The molecule has 1 fully saturated rings. The van der Waals surface area contributed by atoms with Crippen LogP contribution in [0, 0.1) is 5.82 Å². The topological polar surface area (TPSA) is 66.9 Å². The van der Waals surface area contributed by atoms with Crippen LogP contribution in [0.4, 0.5) is 4.39 Å². The molecule has 3 heterocycles. The zero-order valence-corrected chi connectivity index (χ0v) is 13.6. The van der Waals surface area contributed by atoms with Crippen LogP contribution in [0.5, 0.6) is 11.6 Å². The average molecular weight is 339 g/mol. The molecule has 0 saturated carbocycles. The van der Waals surface area contributed by atoms with Crippen molar-refractivity contribution in [1.29, 1.82) is 0 Å². The summed E-state index contributed by atoms with van der Waals surface area (Å²) in [7, 11) is 0. The van der Waals surface area contributed by atoms with Gasteiger partial charge in [0.25, 0.3) is 0 Å². The molecule has 1 aliphatic rings. The Hall–Kier alpha value is -2.80. The lowest BCUT2D eigenvalue weighted by Gasteiger charge is -2.22. The molecule has 1 atom stereocenters. The van der Waals surface area contributed by atoms with E-state index in [1.165, 1.54) is 12.3 Å². The van der Waals surface area contributed by atoms with E-state index in [2.05, 4.69) is 24.8 Å². The molecule has 0 spiro atoms. The Morgan fingerprint density at radius 3 is 3.04 bits per heavy atom. The number of aromatic amines is 1. The van der Waals surface area contributed by atoms with Gasteiger partial charge in [-0.2, -0.15) is 0 Å². The van der Waals surface area contributed by atoms with Crippen molar-refractivity contribution in [2.45, 2.75) is 25.4 Å². The van der Waals surface area contributed by atoms with Crippen LogP contribution < -0.4 is 4.74 Å². The largest absolute Gasteiger partial charge is 0.434 e. The molecule has 2 aromatic heterocycles. The van der Waals surface area contributed by atoms with E-state index in [1.54, 1.807) is 30.6 Å². The summed E-state index contributed by atoms with van der Waals surface area (Å²) in [6, 6.07) is 6.42. The minimum absolute atomic E-state index is 0.146. The highest BCUT2D eigenvalue weighted by Gasteiger charge is 2.28. The first kappa shape index (κ1) is 15.7. The number of hydrogen-bond donors (Lipinski definition) is 1. The summed E-state index contributed by atoms with van der Waals surface area (Å²) in [5.41, 5.74) is 0.831. The Morgan fingerprint density at radius 1 is 1.28 bits per heavy atom. The van der Waals surface area contributed by atoms with Gasteiger partial charge in [-0.1, -0.05) is 12.1 Å². The van der Waals surface area contributed by atoms with Crippen LogP contribution in [0.2, 0.25) is 0 Å². The molecule has 7 heteroatoms. The third-order valence-corrected chi connectivity index (χ3v) is 4.30. The molecule has 1 aromatic carbocycles. The van der Waals surface area contributed by atoms with Crippen LogP contribution in [0.1, 0.15) is 30.4 Å². The van der Waals surface area contributed by atoms with E-state index < -0.39 is 5.82 Å². The molecule has 0 bridgehead atoms. The normalized spacial score (nSPS) is 17.7. The highest BCUT2D eigenvalue weighted by atomic mass is 19.1. The van der Waals surface area contributed by atoms with Crippen molar-refractivity contribution < 1.29 is 9.13 Å². The molecule has 1 saturated heterocycles. The minimum Gasteiger partial charge on any atom is -0.434 e. The molecule has 1 unspecified atom stereocenters. The maximum atomic E-state index is 13.8. The van der Waals surface area contributed by atoms with Gasteiger partial charge >= 0.3 is 0 Å². The molecule has 128 valence electrons. The van der Waals surface area contributed by atoms with Crippen molar-refractivity contribution in [1.82, 2.24) is 24.8 Å². The molecule has 1 N–H and O–H groups in total. The van der Waals surface area contributed by atoms with Crippen LogP contribution in [0.3, 0.4) is 0 Å². The predicted molar refractivity (Wildman–Crippen MR) is 89.5 cm³/mol. The third-order valence-electron chi connectivity index (χ3n) is 4.30. The van der Waals surface area contributed by atoms with E-state index in [-0.39, 0.29) is 11.8 Å². The quantitative estimate of drug-likeness (QED) is 0.771. The van der Waals surface area contributed by atoms with Crippen LogP contribution in [-0.2, 0) is 6.54 Å². The molecule has 0 radical (unpaired) electrons. The van der Waals surface area contributed by atoms with Gasteiger partial charge in [0.1, 0.15) is 5.82 Å². The molecule has 3 aromatic rings. The highest BCUT2D eigenvalue weighted by molar-refractivity contribution is 5.28. The number of nitrogens with zero attached hydrogens (tertiary/aromatic N) is 4. The second-order valence-corrected chi connectivity index (χ2v) is 5.98. The van der Waals surface area contributed by atoms with Crippen molar-refractivity contribution in [3.05, 3.63) is 66.4 Å². The Labute approximate surface area is 144 Å². The van der Waals surface area contributed by atoms with Crippen LogP contribution in [0.15, 0.2) is 49.1 Å². The van der Waals surface area contributed by atoms with Gasteiger partial charge in [0.2, 0.25) is 5.88 Å². The number of aromatic nitrogens is 4. The Morgan fingerprint density at radius 2 is 2.20 bits per heavy atom. The fourth-order valence-corrected chi connectivity index (χ4v) is 3.14. The van der Waals surface area contributed by atoms with Gasteiger partial charge in [-0.15, -0.1) is 0 Å². The molecule has 0 aliphatic carbocycles. The number of imidazole rings is 1. The summed E-state index contributed by atoms with van der Waals surface area (Å²) < 4.78 is 19.3. The van der Waals surface area contributed by atoms with Gasteiger partial charge in [0.05, 0.1) is 30.7 Å². The minimum atomic E-state index is -0.421. The number of hydrogen-bond acceptors (Lipinski definition) is 5. The van der Waals surface area contributed by atoms with Crippen molar-refractivity contribution in [3.63, 3.8) is 0 Å². The number of para-hydroxylation sites is 1. The van der Waals surface area contributed by atoms with E-state index in [1.807, 2.05) is 6.20 Å². The van der Waals surface area contributed by atoms with Crippen molar-refractivity contribution in [3.8, 4) is 11.6 Å². The number of rotatable bonds is 5. The van der Waals surface area contributed by atoms with Crippen molar-refractivity contribution in [2.75, 3.05) is 6.54 Å². The Bertz CT molecular complexity index is 839. The fourth-order valence-electron chi connectivity index (χ4n) is 3.14. The Balaban J connectivity index is 1.53. The highest BCUT2D eigenvalue weighted by Crippen LogP contribution is 2.32. The first-order valence-corrected chi connectivity index (χ1v) is 8.26. The van der Waals surface area contributed by atoms with Crippen LogP contribution >= 0.6 is 0 Å². The number of benzene rings is 1. The smallest absolute Gasteiger partial charge is 0.238 e. The second kappa shape index (κ2) is 6.98. The standard InChI is InChI=1S/C18H18FN5O/c19-13-4-1-2-6-16(13)25-18-11-20-10-14(23-18)15-5-3-9-24(15)12-17-21-7-8-22-17/h1-2,4,6-8,10-11,15H,3,5,9,12H2,(H,21,22). The zero-order chi connectivity index (χ0) is 17.1. The third kappa shape index (κ3) is 3.51. The van der Waals surface area contributed by atoms with Crippen molar-refractivity contribution >= 4 is 0 Å². The van der Waals surface area contributed by atoms with Gasteiger partial charge in [-0.3, -0.25) is 9.88 Å². The summed E-state index contributed by atoms with van der Waals surface area (Å²) >= 11 is 0. The van der Waals surface area contributed by atoms with Gasteiger partial charge in [-0.25, -0.2) is 14.4 Å². The molecule has 6 nitrogen and oxygen atoms in total. The first-order valence-electron chi connectivity index (χ1n) is 8.26. The maximum Gasteiger partial charge on any atom is 0.238 e. The monoisotopic (exact) mass is 339 g/mol. The average Bonchev–Trinajstić information content (AvgIpc) is 3.30. The summed E-state index contributed by atoms with van der Waals surface area (Å²) in [5.74, 6) is 0.953. The van der Waals surface area contributed by atoms with Crippen LogP contribution in [0.25, 0.3) is 0 Å². The molecular formula is C18H18FN5O. The maximum absolute atomic E-state index is 13.8. The Kier molecular flexibility index (Phi) is 4.39. The molecule has 25 heavy (non-hydrogen) atoms. The van der Waals surface area contributed by atoms with Gasteiger partial charge in [0.15, 0.2) is 11.6 Å². The summed E-state index contributed by atoms with van der Waals surface area (Å²) in [4.78, 5) is 18.5. The molecular weight excluding hydrogens is 321 g/mol. The van der Waals surface area contributed by atoms with E-state index in [0.29, 0.717) is 5.88 Å². The number of halogens is 1. The van der Waals surface area contributed by atoms with E-state index in [9.17, 15) is 4.39 Å². The lowest BCUT2D eigenvalue weighted by atomic mass is 10.1. The molecule has 0 amide bonds. The van der Waals surface area contributed by atoms with E-state index in [0.717, 1.165) is 37.4 Å². The second-order valence-electron chi connectivity index (χ2n) is 5.98. The summed E-state index contributed by atoms with van der Waals surface area (Å²) in [5, 5.41) is 0. The molecule has 4 rings (SSSR count). The number of H-pyrrole nitrogens is 1. The van der Waals surface area contributed by atoms with Crippen LogP contribution in [-0.4, -0.2) is 31.4 Å². The SMILES string of the molecule is Fc1ccccc1Oc1cncc(C2CCCN2Cc2ncc[nH]2)n1. The number of likely N-dealkylation sites (tertiary alicyclic amines) is 1. The number of nitrogens with one attached hydrogen (secondary N) is 1. The first-order chi connectivity index (χ1) is 12.3. The summed E-state index contributed by atoms with van der Waals surface area (Å²) in [6.45, 7) is 1.71. The predicted octanol–water partition coefficient (Wildman–Crippen LogP) is 3.47. The number of ether oxygens (including phenoxy) is 1. The van der Waals surface area contributed by atoms with Gasteiger partial charge in [-0.05, 0) is 31.5 Å². The lowest BCUT2D eigenvalue weighted by Crippen LogP contribution is -2.24. The fraction of sp³-hybridized carbons (Fsp3) is 0.278. The van der Waals surface area contributed by atoms with E-state index in [4.69, 9.17) is 4.74 Å². The molecule has 1 aliphatic heterocycles. The van der Waals surface area contributed by atoms with Gasteiger partial charge < -0.3 is 9.72 Å².